The molecule has 6 heteroatoms. The second-order valence-electron chi connectivity index (χ2n) is 4.57. The first kappa shape index (κ1) is 14.7. The Morgan fingerprint density at radius 3 is 2.71 bits per heavy atom. The molecule has 0 aliphatic carbocycles. The third-order valence-electron chi connectivity index (χ3n) is 3.01. The predicted molar refractivity (Wildman–Crippen MR) is 91.4 cm³/mol. The van der Waals surface area contributed by atoms with E-state index in [-0.39, 0.29) is 0 Å². The molecule has 0 saturated heterocycles. The lowest BCUT2D eigenvalue weighted by atomic mass is 10.1. The number of aromatic nitrogens is 3. The van der Waals surface area contributed by atoms with Crippen molar-refractivity contribution in [2.45, 2.75) is 20.9 Å². The Morgan fingerprint density at radius 1 is 1.24 bits per heavy atom. The fraction of sp³-hybridized carbons (Fsp3) is 0.200. The Kier molecular flexibility index (Phi) is 4.37. The van der Waals surface area contributed by atoms with E-state index < -0.39 is 0 Å². The van der Waals surface area contributed by atoms with Gasteiger partial charge in [-0.25, -0.2) is 4.98 Å². The second-order valence-corrected chi connectivity index (χ2v) is 8.02. The maximum Gasteiger partial charge on any atom is 0.0906 e. The highest BCUT2D eigenvalue weighted by molar-refractivity contribution is 8.01. The second kappa shape index (κ2) is 6.25. The van der Waals surface area contributed by atoms with Crippen LogP contribution in [0.5, 0.6) is 0 Å². The zero-order chi connectivity index (χ0) is 14.8. The molecule has 3 nitrogen and oxygen atoms in total. The first-order chi connectivity index (χ1) is 10.2. The van der Waals surface area contributed by atoms with Gasteiger partial charge in [0.1, 0.15) is 0 Å². The van der Waals surface area contributed by atoms with E-state index in [9.17, 15) is 0 Å². The van der Waals surface area contributed by atoms with Gasteiger partial charge in [-0.2, -0.15) is 5.10 Å². The molecule has 1 aromatic carbocycles. The molecule has 2 aromatic heterocycles. The third kappa shape index (κ3) is 3.33. The molecule has 108 valence electrons. The fourth-order valence-corrected chi connectivity index (χ4v) is 4.61. The summed E-state index contributed by atoms with van der Waals surface area (Å²) < 4.78 is 3.06. The summed E-state index contributed by atoms with van der Waals surface area (Å²) in [6, 6.07) is 6.59. The molecule has 0 aliphatic heterocycles. The van der Waals surface area contributed by atoms with Gasteiger partial charge in [-0.1, -0.05) is 11.8 Å². The van der Waals surface area contributed by atoms with Gasteiger partial charge < -0.3 is 0 Å². The van der Waals surface area contributed by atoms with Crippen molar-refractivity contribution in [2.75, 3.05) is 6.26 Å². The molecular formula is C15H15N3S3. The van der Waals surface area contributed by atoms with Crippen LogP contribution in [0.3, 0.4) is 0 Å². The number of benzene rings is 1. The van der Waals surface area contributed by atoms with Crippen molar-refractivity contribution in [1.29, 1.82) is 0 Å². The van der Waals surface area contributed by atoms with Crippen molar-refractivity contribution >= 4 is 34.9 Å². The fourth-order valence-electron chi connectivity index (χ4n) is 2.04. The molecule has 0 radical (unpaired) electrons. The number of nitrogens with zero attached hydrogens (tertiary/aromatic N) is 3. The average Bonchev–Trinajstić information content (AvgIpc) is 3.07. The van der Waals surface area contributed by atoms with Crippen molar-refractivity contribution in [3.05, 3.63) is 41.8 Å². The van der Waals surface area contributed by atoms with Gasteiger partial charge in [-0.05, 0) is 36.9 Å². The van der Waals surface area contributed by atoms with Crippen LogP contribution < -0.4 is 0 Å². The van der Waals surface area contributed by atoms with Crippen LogP contribution in [0.1, 0.15) is 5.01 Å². The summed E-state index contributed by atoms with van der Waals surface area (Å²) >= 11 is 5.25. The van der Waals surface area contributed by atoms with E-state index in [1.165, 1.54) is 19.6 Å². The Hall–Kier alpha value is -1.24. The van der Waals surface area contributed by atoms with Gasteiger partial charge in [0.2, 0.25) is 0 Å². The van der Waals surface area contributed by atoms with Gasteiger partial charge in [0.05, 0.1) is 21.6 Å². The summed E-state index contributed by atoms with van der Waals surface area (Å²) in [5, 5.41) is 5.38. The Morgan fingerprint density at radius 2 is 2.10 bits per heavy atom. The SMILES string of the molecule is CSc1ccc(Sc2cnc(C)s2)cc1-c1cnn(C)c1. The van der Waals surface area contributed by atoms with Crippen LogP contribution in [0, 0.1) is 6.92 Å². The van der Waals surface area contributed by atoms with Crippen molar-refractivity contribution in [3.63, 3.8) is 0 Å². The lowest BCUT2D eigenvalue weighted by molar-refractivity contribution is 0.768. The monoisotopic (exact) mass is 333 g/mol. The smallest absolute Gasteiger partial charge is 0.0906 e. The van der Waals surface area contributed by atoms with E-state index >= 15 is 0 Å². The highest BCUT2D eigenvalue weighted by Gasteiger charge is 2.09. The zero-order valence-corrected chi connectivity index (χ0v) is 14.5. The number of rotatable bonds is 4. The van der Waals surface area contributed by atoms with Crippen LogP contribution in [0.2, 0.25) is 0 Å². The molecule has 0 aliphatic rings. The van der Waals surface area contributed by atoms with Crippen molar-refractivity contribution in [3.8, 4) is 11.1 Å². The predicted octanol–water partition coefficient (Wildman–Crippen LogP) is 4.73. The van der Waals surface area contributed by atoms with Crippen LogP contribution in [-0.4, -0.2) is 21.0 Å². The minimum Gasteiger partial charge on any atom is -0.275 e. The minimum atomic E-state index is 1.10. The molecule has 3 rings (SSSR count). The average molecular weight is 334 g/mol. The molecule has 0 fully saturated rings. The molecule has 0 amide bonds. The van der Waals surface area contributed by atoms with E-state index in [0.29, 0.717) is 0 Å². The summed E-state index contributed by atoms with van der Waals surface area (Å²) in [5.74, 6) is 0. The van der Waals surface area contributed by atoms with Crippen LogP contribution in [0.4, 0.5) is 0 Å². The molecular weight excluding hydrogens is 318 g/mol. The summed E-state index contributed by atoms with van der Waals surface area (Å²) in [7, 11) is 1.95. The zero-order valence-electron chi connectivity index (χ0n) is 12.0. The molecule has 0 saturated carbocycles. The van der Waals surface area contributed by atoms with Crippen molar-refractivity contribution in [2.24, 2.45) is 7.05 Å². The molecule has 0 spiro atoms. The van der Waals surface area contributed by atoms with Gasteiger partial charge in [0.25, 0.3) is 0 Å². The first-order valence-corrected chi connectivity index (χ1v) is 9.29. The van der Waals surface area contributed by atoms with E-state index in [4.69, 9.17) is 0 Å². The van der Waals surface area contributed by atoms with Gasteiger partial charge >= 0.3 is 0 Å². The molecule has 2 heterocycles. The van der Waals surface area contributed by atoms with E-state index in [0.717, 1.165) is 10.6 Å². The Bertz CT molecular complexity index is 761. The van der Waals surface area contributed by atoms with Crippen LogP contribution >= 0.6 is 34.9 Å². The van der Waals surface area contributed by atoms with Gasteiger partial charge in [0.15, 0.2) is 0 Å². The van der Waals surface area contributed by atoms with Crippen LogP contribution in [-0.2, 0) is 7.05 Å². The van der Waals surface area contributed by atoms with E-state index in [1.807, 2.05) is 31.0 Å². The maximum absolute atomic E-state index is 4.31. The van der Waals surface area contributed by atoms with E-state index in [1.54, 1.807) is 34.9 Å². The number of thiazole rings is 1. The minimum absolute atomic E-state index is 1.10. The largest absolute Gasteiger partial charge is 0.275 e. The molecule has 3 aromatic rings. The summed E-state index contributed by atoms with van der Waals surface area (Å²) in [6.45, 7) is 2.03. The number of hydrogen-bond acceptors (Lipinski definition) is 5. The highest BCUT2D eigenvalue weighted by atomic mass is 32.2. The summed E-state index contributed by atoms with van der Waals surface area (Å²) in [5.41, 5.74) is 2.40. The van der Waals surface area contributed by atoms with Gasteiger partial charge in [-0.15, -0.1) is 23.1 Å². The lowest BCUT2D eigenvalue weighted by Crippen LogP contribution is -1.85. The number of thioether (sulfide) groups is 1. The molecule has 0 atom stereocenters. The van der Waals surface area contributed by atoms with Crippen molar-refractivity contribution in [1.82, 2.24) is 14.8 Å². The standard InChI is InChI=1S/C15H15N3S3/c1-10-16-8-15(20-10)21-12-4-5-14(19-3)13(6-12)11-7-17-18(2)9-11/h4-9H,1-3H3. The lowest BCUT2D eigenvalue weighted by Gasteiger charge is -2.08. The quantitative estimate of drug-likeness (QED) is 0.646. The van der Waals surface area contributed by atoms with E-state index in [2.05, 4.69) is 40.7 Å². The van der Waals surface area contributed by atoms with Gasteiger partial charge in [0, 0.05) is 28.6 Å². The molecule has 21 heavy (non-hydrogen) atoms. The summed E-state index contributed by atoms with van der Waals surface area (Å²) in [4.78, 5) is 6.81. The molecule has 0 bridgehead atoms. The normalized spacial score (nSPS) is 11.0. The summed E-state index contributed by atoms with van der Waals surface area (Å²) in [6.07, 6.45) is 8.02. The topological polar surface area (TPSA) is 30.7 Å². The Balaban J connectivity index is 1.96. The highest BCUT2D eigenvalue weighted by Crippen LogP contribution is 2.37. The number of aryl methyl sites for hydroxylation is 2. The Labute approximate surface area is 136 Å². The van der Waals surface area contributed by atoms with Crippen molar-refractivity contribution < 1.29 is 0 Å². The van der Waals surface area contributed by atoms with Crippen LogP contribution in [0.15, 0.2) is 50.8 Å². The first-order valence-electron chi connectivity index (χ1n) is 6.43. The van der Waals surface area contributed by atoms with Gasteiger partial charge in [-0.3, -0.25) is 4.68 Å². The molecule has 0 N–H and O–H groups in total. The molecule has 0 unspecified atom stereocenters. The maximum atomic E-state index is 4.31. The third-order valence-corrected chi connectivity index (χ3v) is 5.80. The number of hydrogen-bond donors (Lipinski definition) is 0. The van der Waals surface area contributed by atoms with Crippen LogP contribution in [0.25, 0.3) is 11.1 Å².